The van der Waals surface area contributed by atoms with Gasteiger partial charge in [-0.05, 0) is 13.0 Å². The van der Waals surface area contributed by atoms with Crippen molar-refractivity contribution in [3.05, 3.63) is 12.5 Å². The lowest BCUT2D eigenvalue weighted by molar-refractivity contribution is -0.109. The van der Waals surface area contributed by atoms with Gasteiger partial charge in [-0.3, -0.25) is 0 Å². The van der Waals surface area contributed by atoms with Crippen molar-refractivity contribution < 1.29 is 9.90 Å². The van der Waals surface area contributed by atoms with Gasteiger partial charge in [0.1, 0.15) is 6.29 Å². The Kier molecular flexibility index (Phi) is 5.25. The Morgan fingerprint density at radius 2 is 2.45 bits per heavy atom. The van der Waals surface area contributed by atoms with Crippen LogP contribution in [0.2, 0.25) is 0 Å². The molecule has 0 unspecified atom stereocenters. The number of nitrogens with one attached hydrogen (secondary N) is 1. The van der Waals surface area contributed by atoms with Gasteiger partial charge in [-0.15, -0.1) is 0 Å². The summed E-state index contributed by atoms with van der Waals surface area (Å²) in [5.41, 5.74) is 0. The third-order valence-electron chi connectivity index (χ3n) is 1.38. The second-order valence-corrected chi connectivity index (χ2v) is 2.48. The molecule has 0 spiro atoms. The molecular formula is C8H15NO2. The highest BCUT2D eigenvalue weighted by Gasteiger charge is 2.04. The van der Waals surface area contributed by atoms with Gasteiger partial charge in [-0.1, -0.05) is 19.8 Å². The average Bonchev–Trinajstić information content (AvgIpc) is 1.97. The van der Waals surface area contributed by atoms with Crippen molar-refractivity contribution in [2.75, 3.05) is 0 Å². The van der Waals surface area contributed by atoms with Crippen LogP contribution >= 0.6 is 0 Å². The molecule has 0 aromatic carbocycles. The van der Waals surface area contributed by atoms with E-state index in [4.69, 9.17) is 5.11 Å². The Morgan fingerprint density at radius 1 is 1.82 bits per heavy atom. The average molecular weight is 157 g/mol. The molecule has 0 fully saturated rings. The molecule has 0 saturated carbocycles. The van der Waals surface area contributed by atoms with E-state index >= 15 is 0 Å². The lowest BCUT2D eigenvalue weighted by Crippen LogP contribution is -2.29. The van der Waals surface area contributed by atoms with Crippen LogP contribution in [0.3, 0.4) is 0 Å². The van der Waals surface area contributed by atoms with E-state index in [0.29, 0.717) is 0 Å². The number of aliphatic hydroxyl groups is 1. The fourth-order valence-corrected chi connectivity index (χ4v) is 0.812. The van der Waals surface area contributed by atoms with Gasteiger partial charge < -0.3 is 15.2 Å². The number of carbonyl (C=O) groups is 1. The number of hydrogen-bond donors (Lipinski definition) is 2. The van der Waals surface area contributed by atoms with Crippen LogP contribution in [0.1, 0.15) is 26.2 Å². The van der Waals surface area contributed by atoms with E-state index in [1.165, 1.54) is 0 Å². The molecule has 11 heavy (non-hydrogen) atoms. The molecule has 0 aliphatic heterocycles. The van der Waals surface area contributed by atoms with E-state index in [-0.39, 0.29) is 11.9 Å². The third kappa shape index (κ3) is 5.45. The van der Waals surface area contributed by atoms with E-state index in [9.17, 15) is 4.79 Å². The van der Waals surface area contributed by atoms with Crippen molar-refractivity contribution in [3.8, 4) is 0 Å². The Balaban J connectivity index is 3.57. The molecule has 0 heterocycles. The van der Waals surface area contributed by atoms with Crippen molar-refractivity contribution in [1.29, 1.82) is 0 Å². The van der Waals surface area contributed by atoms with Crippen molar-refractivity contribution in [1.82, 2.24) is 5.32 Å². The molecule has 3 nitrogen and oxygen atoms in total. The van der Waals surface area contributed by atoms with Crippen molar-refractivity contribution in [2.24, 2.45) is 0 Å². The zero-order valence-corrected chi connectivity index (χ0v) is 6.84. The summed E-state index contributed by atoms with van der Waals surface area (Å²) in [7, 11) is 0. The first-order valence-electron chi connectivity index (χ1n) is 3.80. The van der Waals surface area contributed by atoms with Gasteiger partial charge in [-0.2, -0.15) is 0 Å². The van der Waals surface area contributed by atoms with Crippen LogP contribution in [0.5, 0.6) is 0 Å². The minimum absolute atomic E-state index is 0.141. The molecule has 0 aliphatic rings. The van der Waals surface area contributed by atoms with E-state index in [1.54, 1.807) is 0 Å². The maximum atomic E-state index is 10.3. The standard InChI is InChI=1S/C8H15NO2/c1-3-4-5-8(6-10)9-7(2)11/h6,8-9,11H,2-5H2,1H3/t8-/m0/s1. The lowest BCUT2D eigenvalue weighted by atomic mass is 10.1. The van der Waals surface area contributed by atoms with E-state index in [0.717, 1.165) is 25.5 Å². The summed E-state index contributed by atoms with van der Waals surface area (Å²) in [6.07, 6.45) is 3.56. The maximum Gasteiger partial charge on any atom is 0.177 e. The predicted octanol–water partition coefficient (Wildman–Crippen LogP) is 1.36. The zero-order chi connectivity index (χ0) is 8.69. The Hall–Kier alpha value is -0.990. The molecule has 0 aromatic heterocycles. The Bertz CT molecular complexity index is 134. The van der Waals surface area contributed by atoms with Crippen molar-refractivity contribution in [2.45, 2.75) is 32.2 Å². The summed E-state index contributed by atoms with van der Waals surface area (Å²) in [4.78, 5) is 10.3. The molecule has 64 valence electrons. The second-order valence-electron chi connectivity index (χ2n) is 2.48. The molecule has 0 bridgehead atoms. The highest BCUT2D eigenvalue weighted by molar-refractivity contribution is 5.57. The molecule has 0 amide bonds. The topological polar surface area (TPSA) is 49.3 Å². The number of unbranched alkanes of at least 4 members (excludes halogenated alkanes) is 1. The fraction of sp³-hybridized carbons (Fsp3) is 0.625. The summed E-state index contributed by atoms with van der Waals surface area (Å²) < 4.78 is 0. The van der Waals surface area contributed by atoms with Crippen LogP contribution in [0.15, 0.2) is 12.5 Å². The maximum absolute atomic E-state index is 10.3. The van der Waals surface area contributed by atoms with Crippen LogP contribution in [0, 0.1) is 0 Å². The van der Waals surface area contributed by atoms with Gasteiger partial charge >= 0.3 is 0 Å². The molecule has 0 aromatic rings. The van der Waals surface area contributed by atoms with Gasteiger partial charge in [0, 0.05) is 0 Å². The van der Waals surface area contributed by atoms with Crippen LogP contribution in [-0.2, 0) is 4.79 Å². The highest BCUT2D eigenvalue weighted by atomic mass is 16.3. The van der Waals surface area contributed by atoms with Crippen LogP contribution in [0.25, 0.3) is 0 Å². The van der Waals surface area contributed by atoms with E-state index < -0.39 is 0 Å². The SMILES string of the molecule is C=C(O)N[C@H](C=O)CCCC. The van der Waals surface area contributed by atoms with Crippen molar-refractivity contribution >= 4 is 6.29 Å². The number of aldehydes is 1. The van der Waals surface area contributed by atoms with Crippen LogP contribution in [-0.4, -0.2) is 17.4 Å². The molecule has 0 rings (SSSR count). The molecular weight excluding hydrogens is 142 g/mol. The molecule has 0 aliphatic carbocycles. The number of aliphatic hydroxyl groups excluding tert-OH is 1. The monoisotopic (exact) mass is 157 g/mol. The molecule has 2 N–H and O–H groups in total. The van der Waals surface area contributed by atoms with E-state index in [2.05, 4.69) is 18.8 Å². The second kappa shape index (κ2) is 5.77. The summed E-state index contributed by atoms with van der Waals surface area (Å²) in [5.74, 6) is -0.141. The summed E-state index contributed by atoms with van der Waals surface area (Å²) in [5, 5.41) is 11.2. The van der Waals surface area contributed by atoms with Gasteiger partial charge in [0.2, 0.25) is 0 Å². The molecule has 0 radical (unpaired) electrons. The molecule has 1 atom stereocenters. The summed E-state index contributed by atoms with van der Waals surface area (Å²) in [6, 6.07) is -0.285. The highest BCUT2D eigenvalue weighted by Crippen LogP contribution is 1.98. The van der Waals surface area contributed by atoms with Gasteiger partial charge in [-0.25, -0.2) is 0 Å². The number of hydrogen-bond acceptors (Lipinski definition) is 3. The summed E-state index contributed by atoms with van der Waals surface area (Å²) in [6.45, 7) is 5.29. The molecule has 0 saturated heterocycles. The number of rotatable bonds is 6. The first kappa shape index (κ1) is 10.0. The summed E-state index contributed by atoms with van der Waals surface area (Å²) >= 11 is 0. The zero-order valence-electron chi connectivity index (χ0n) is 6.84. The quantitative estimate of drug-likeness (QED) is 0.452. The smallest absolute Gasteiger partial charge is 0.177 e. The van der Waals surface area contributed by atoms with Gasteiger partial charge in [0.15, 0.2) is 5.88 Å². The van der Waals surface area contributed by atoms with Crippen LogP contribution in [0.4, 0.5) is 0 Å². The normalized spacial score (nSPS) is 12.1. The fourth-order valence-electron chi connectivity index (χ4n) is 0.812. The lowest BCUT2D eigenvalue weighted by Gasteiger charge is -2.10. The first-order valence-corrected chi connectivity index (χ1v) is 3.80. The minimum atomic E-state index is -0.285. The third-order valence-corrected chi connectivity index (χ3v) is 1.38. The van der Waals surface area contributed by atoms with Gasteiger partial charge in [0.25, 0.3) is 0 Å². The molecule has 3 heteroatoms. The van der Waals surface area contributed by atoms with E-state index in [1.807, 2.05) is 0 Å². The minimum Gasteiger partial charge on any atom is -0.495 e. The van der Waals surface area contributed by atoms with Gasteiger partial charge in [0.05, 0.1) is 6.04 Å². The Morgan fingerprint density at radius 3 is 2.82 bits per heavy atom. The number of carbonyl (C=O) groups excluding carboxylic acids is 1. The van der Waals surface area contributed by atoms with Crippen LogP contribution < -0.4 is 5.32 Å². The predicted molar refractivity (Wildman–Crippen MR) is 44.3 cm³/mol. The first-order chi connectivity index (χ1) is 5.20. The largest absolute Gasteiger partial charge is 0.495 e. The van der Waals surface area contributed by atoms with Crippen molar-refractivity contribution in [3.63, 3.8) is 0 Å². The Labute approximate surface area is 67.1 Å².